The molecule has 1 N–H and O–H groups in total. The second kappa shape index (κ2) is 6.15. The molecule has 1 aliphatic heterocycles. The van der Waals surface area contributed by atoms with Crippen LogP contribution in [0.3, 0.4) is 0 Å². The molecular formula is C17H25N3O2. The molecular weight excluding hydrogens is 278 g/mol. The van der Waals surface area contributed by atoms with E-state index in [2.05, 4.69) is 9.88 Å². The monoisotopic (exact) mass is 303 g/mol. The third kappa shape index (κ3) is 2.89. The number of nitrogens with one attached hydrogen (secondary N) is 1. The largest absolute Gasteiger partial charge is 0.365 e. The highest BCUT2D eigenvalue weighted by molar-refractivity contribution is 5.95. The molecule has 0 radical (unpaired) electrons. The van der Waals surface area contributed by atoms with E-state index >= 15 is 0 Å². The van der Waals surface area contributed by atoms with Crippen molar-refractivity contribution in [1.29, 1.82) is 0 Å². The minimum Gasteiger partial charge on any atom is -0.365 e. The number of carbonyl (C=O) groups is 2. The van der Waals surface area contributed by atoms with Crippen molar-refractivity contribution in [2.75, 3.05) is 20.1 Å². The number of nitrogens with zero attached hydrogens (tertiary/aromatic N) is 2. The number of likely N-dealkylation sites (tertiary alicyclic amines) is 1. The molecule has 1 aliphatic carbocycles. The van der Waals surface area contributed by atoms with E-state index in [1.165, 1.54) is 12.8 Å². The predicted octanol–water partition coefficient (Wildman–Crippen LogP) is 2.19. The Morgan fingerprint density at radius 2 is 2.14 bits per heavy atom. The summed E-state index contributed by atoms with van der Waals surface area (Å²) in [5, 5.41) is 0. The number of amides is 2. The van der Waals surface area contributed by atoms with Crippen molar-refractivity contribution >= 4 is 11.8 Å². The molecule has 2 heterocycles. The number of hydrogen-bond donors (Lipinski definition) is 1. The highest BCUT2D eigenvalue weighted by Crippen LogP contribution is 2.29. The Morgan fingerprint density at radius 3 is 2.77 bits per heavy atom. The highest BCUT2D eigenvalue weighted by atomic mass is 16.2. The number of carbonyl (C=O) groups excluding carboxylic acids is 2. The van der Waals surface area contributed by atoms with Gasteiger partial charge in [0.1, 0.15) is 0 Å². The van der Waals surface area contributed by atoms with Crippen LogP contribution in [-0.2, 0) is 4.79 Å². The van der Waals surface area contributed by atoms with Crippen molar-refractivity contribution in [2.24, 2.45) is 5.92 Å². The van der Waals surface area contributed by atoms with Crippen LogP contribution in [0.5, 0.6) is 0 Å². The summed E-state index contributed by atoms with van der Waals surface area (Å²) in [6, 6.07) is 2.27. The normalized spacial score (nSPS) is 22.5. The Kier molecular flexibility index (Phi) is 4.23. The molecule has 1 aromatic heterocycles. The van der Waals surface area contributed by atoms with E-state index in [1.807, 2.05) is 20.0 Å². The fourth-order valence-corrected chi connectivity index (χ4v) is 3.86. The molecule has 3 rings (SSSR count). The fraction of sp³-hybridized carbons (Fsp3) is 0.647. The van der Waals surface area contributed by atoms with Gasteiger partial charge in [-0.3, -0.25) is 9.59 Å². The van der Waals surface area contributed by atoms with Crippen molar-refractivity contribution < 1.29 is 9.59 Å². The van der Waals surface area contributed by atoms with Crippen LogP contribution in [0, 0.1) is 12.8 Å². The van der Waals surface area contributed by atoms with Gasteiger partial charge >= 0.3 is 0 Å². The van der Waals surface area contributed by atoms with Gasteiger partial charge in [-0.25, -0.2) is 0 Å². The van der Waals surface area contributed by atoms with Crippen LogP contribution >= 0.6 is 0 Å². The molecule has 1 saturated heterocycles. The van der Waals surface area contributed by atoms with Crippen molar-refractivity contribution in [1.82, 2.24) is 14.8 Å². The van der Waals surface area contributed by atoms with Crippen LogP contribution in [0.4, 0.5) is 0 Å². The average molecular weight is 303 g/mol. The zero-order chi connectivity index (χ0) is 15.7. The molecule has 0 aromatic carbocycles. The molecule has 2 amide bonds. The molecule has 5 heteroatoms. The van der Waals surface area contributed by atoms with Crippen LogP contribution in [0.15, 0.2) is 12.3 Å². The molecule has 1 atom stereocenters. The summed E-state index contributed by atoms with van der Waals surface area (Å²) in [5.41, 5.74) is 1.62. The minimum atomic E-state index is 0.0329. The molecule has 0 bridgehead atoms. The van der Waals surface area contributed by atoms with Crippen molar-refractivity contribution in [2.45, 2.75) is 45.1 Å². The molecule has 120 valence electrons. The summed E-state index contributed by atoms with van der Waals surface area (Å²) in [5.74, 6) is 0.572. The zero-order valence-electron chi connectivity index (χ0n) is 13.5. The van der Waals surface area contributed by atoms with Gasteiger partial charge in [-0.2, -0.15) is 0 Å². The predicted molar refractivity (Wildman–Crippen MR) is 84.6 cm³/mol. The van der Waals surface area contributed by atoms with Crippen LogP contribution < -0.4 is 0 Å². The SMILES string of the molecule is Cc1[nH]ccc1C(=O)N(C)CC1CC(=O)N(C2CCCC2)C1. The molecule has 1 saturated carbocycles. The molecule has 5 nitrogen and oxygen atoms in total. The first-order valence-electron chi connectivity index (χ1n) is 8.25. The highest BCUT2D eigenvalue weighted by Gasteiger charge is 2.36. The van der Waals surface area contributed by atoms with Crippen LogP contribution in [0.25, 0.3) is 0 Å². The van der Waals surface area contributed by atoms with E-state index in [4.69, 9.17) is 0 Å². The van der Waals surface area contributed by atoms with E-state index in [0.29, 0.717) is 19.0 Å². The van der Waals surface area contributed by atoms with E-state index < -0.39 is 0 Å². The summed E-state index contributed by atoms with van der Waals surface area (Å²) in [7, 11) is 1.83. The maximum atomic E-state index is 12.4. The Hall–Kier alpha value is -1.78. The summed E-state index contributed by atoms with van der Waals surface area (Å²) in [4.78, 5) is 31.5. The maximum absolute atomic E-state index is 12.4. The van der Waals surface area contributed by atoms with Gasteiger partial charge in [0, 0.05) is 50.4 Å². The van der Waals surface area contributed by atoms with Gasteiger partial charge in [0.15, 0.2) is 0 Å². The maximum Gasteiger partial charge on any atom is 0.255 e. The first-order valence-corrected chi connectivity index (χ1v) is 8.25. The van der Waals surface area contributed by atoms with Gasteiger partial charge in [0.2, 0.25) is 5.91 Å². The van der Waals surface area contributed by atoms with Crippen molar-refractivity contribution in [3.05, 3.63) is 23.5 Å². The van der Waals surface area contributed by atoms with Crippen LogP contribution in [0.2, 0.25) is 0 Å². The first-order chi connectivity index (χ1) is 10.6. The second-order valence-corrected chi connectivity index (χ2v) is 6.76. The number of H-pyrrole nitrogens is 1. The molecule has 1 unspecified atom stereocenters. The summed E-state index contributed by atoms with van der Waals surface area (Å²) in [6.07, 6.45) is 7.15. The lowest BCUT2D eigenvalue weighted by Gasteiger charge is -2.25. The Bertz CT molecular complexity index is 560. The van der Waals surface area contributed by atoms with E-state index in [0.717, 1.165) is 30.6 Å². The molecule has 22 heavy (non-hydrogen) atoms. The van der Waals surface area contributed by atoms with Gasteiger partial charge in [-0.05, 0) is 25.8 Å². The third-order valence-corrected chi connectivity index (χ3v) is 5.07. The Labute approximate surface area is 131 Å². The minimum absolute atomic E-state index is 0.0329. The van der Waals surface area contributed by atoms with E-state index in [-0.39, 0.29) is 17.7 Å². The van der Waals surface area contributed by atoms with E-state index in [1.54, 1.807) is 11.1 Å². The number of aromatic amines is 1. The first kappa shape index (κ1) is 15.1. The number of aromatic nitrogens is 1. The second-order valence-electron chi connectivity index (χ2n) is 6.76. The summed E-state index contributed by atoms with van der Waals surface area (Å²) in [6.45, 7) is 3.37. The number of hydrogen-bond acceptors (Lipinski definition) is 2. The van der Waals surface area contributed by atoms with Gasteiger partial charge in [0.25, 0.3) is 5.91 Å². The molecule has 0 spiro atoms. The standard InChI is InChI=1S/C17H25N3O2/c1-12-15(7-8-18-12)17(22)19(2)10-13-9-16(21)20(11-13)14-5-3-4-6-14/h7-8,13-14,18H,3-6,9-11H2,1-2H3. The smallest absolute Gasteiger partial charge is 0.255 e. The summed E-state index contributed by atoms with van der Waals surface area (Å²) >= 11 is 0. The number of rotatable bonds is 4. The zero-order valence-corrected chi connectivity index (χ0v) is 13.5. The average Bonchev–Trinajstić information content (AvgIpc) is 3.19. The molecule has 2 aliphatic rings. The Morgan fingerprint density at radius 1 is 1.41 bits per heavy atom. The molecule has 2 fully saturated rings. The summed E-state index contributed by atoms with van der Waals surface area (Å²) < 4.78 is 0. The van der Waals surface area contributed by atoms with Gasteiger partial charge in [-0.1, -0.05) is 12.8 Å². The topological polar surface area (TPSA) is 56.4 Å². The van der Waals surface area contributed by atoms with Gasteiger partial charge < -0.3 is 14.8 Å². The third-order valence-electron chi connectivity index (χ3n) is 5.07. The fourth-order valence-electron chi connectivity index (χ4n) is 3.86. The van der Waals surface area contributed by atoms with Crippen molar-refractivity contribution in [3.8, 4) is 0 Å². The van der Waals surface area contributed by atoms with Crippen LogP contribution in [0.1, 0.15) is 48.2 Å². The number of aryl methyl sites for hydroxylation is 1. The van der Waals surface area contributed by atoms with E-state index in [9.17, 15) is 9.59 Å². The quantitative estimate of drug-likeness (QED) is 0.927. The van der Waals surface area contributed by atoms with Gasteiger partial charge in [-0.15, -0.1) is 0 Å². The van der Waals surface area contributed by atoms with Crippen molar-refractivity contribution in [3.63, 3.8) is 0 Å². The Balaban J connectivity index is 1.58. The van der Waals surface area contributed by atoms with Gasteiger partial charge in [0.05, 0.1) is 5.56 Å². The lowest BCUT2D eigenvalue weighted by molar-refractivity contribution is -0.129. The lowest BCUT2D eigenvalue weighted by Crippen LogP contribution is -2.36. The van der Waals surface area contributed by atoms with Crippen LogP contribution in [-0.4, -0.2) is 52.8 Å². The molecule has 1 aromatic rings. The lowest BCUT2D eigenvalue weighted by atomic mass is 10.1.